The molecule has 92 valence electrons. The fourth-order valence-electron chi connectivity index (χ4n) is 1.22. The van der Waals surface area contributed by atoms with Crippen molar-refractivity contribution in [1.29, 1.82) is 0 Å². The average molecular weight is 251 g/mol. The summed E-state index contributed by atoms with van der Waals surface area (Å²) in [7, 11) is 1.79. The van der Waals surface area contributed by atoms with Gasteiger partial charge >= 0.3 is 0 Å². The lowest BCUT2D eigenvalue weighted by Crippen LogP contribution is -2.27. The van der Waals surface area contributed by atoms with Gasteiger partial charge in [0.15, 0.2) is 5.78 Å². The Bertz CT molecular complexity index is 400. The Hall–Kier alpha value is -1.29. The number of benzene rings is 1. The van der Waals surface area contributed by atoms with E-state index in [1.807, 2.05) is 19.1 Å². The van der Waals surface area contributed by atoms with Crippen LogP contribution in [0.15, 0.2) is 29.2 Å². The Kier molecular flexibility index (Phi) is 5.22. The number of ketones is 1. The molecule has 0 fully saturated rings. The summed E-state index contributed by atoms with van der Waals surface area (Å²) >= 11 is 1.49. The molecule has 0 saturated heterocycles. The van der Waals surface area contributed by atoms with E-state index in [1.54, 1.807) is 31.0 Å². The molecule has 0 spiro atoms. The van der Waals surface area contributed by atoms with E-state index in [2.05, 4.69) is 0 Å². The Balaban J connectivity index is 2.53. The predicted octanol–water partition coefficient (Wildman–Crippen LogP) is 2.46. The van der Waals surface area contributed by atoms with Crippen molar-refractivity contribution in [3.63, 3.8) is 0 Å². The summed E-state index contributed by atoms with van der Waals surface area (Å²) in [6.07, 6.45) is 0. The van der Waals surface area contributed by atoms with Crippen LogP contribution in [0.5, 0.6) is 0 Å². The summed E-state index contributed by atoms with van der Waals surface area (Å²) in [6.45, 7) is 4.22. The van der Waals surface area contributed by atoms with Crippen molar-refractivity contribution in [2.45, 2.75) is 18.7 Å². The molecule has 3 nitrogen and oxygen atoms in total. The molecule has 0 aliphatic heterocycles. The van der Waals surface area contributed by atoms with E-state index in [9.17, 15) is 9.59 Å². The molecule has 0 radical (unpaired) electrons. The summed E-state index contributed by atoms with van der Waals surface area (Å²) in [4.78, 5) is 25.4. The number of carbonyl (C=O) groups excluding carboxylic acids is 2. The van der Waals surface area contributed by atoms with Crippen molar-refractivity contribution < 1.29 is 9.59 Å². The van der Waals surface area contributed by atoms with Crippen molar-refractivity contribution in [1.82, 2.24) is 4.90 Å². The highest BCUT2D eigenvalue weighted by molar-refractivity contribution is 8.00. The van der Waals surface area contributed by atoms with Gasteiger partial charge in [0, 0.05) is 24.1 Å². The number of Topliss-reactive ketones (excluding diaryl/α,β-unsaturated/α-hetero) is 1. The van der Waals surface area contributed by atoms with E-state index in [0.29, 0.717) is 11.3 Å². The summed E-state index contributed by atoms with van der Waals surface area (Å²) in [5.74, 6) is 0.612. The monoisotopic (exact) mass is 251 g/mol. The minimum absolute atomic E-state index is 0.0587. The number of nitrogens with zero attached hydrogens (tertiary/aromatic N) is 1. The minimum Gasteiger partial charge on any atom is -0.345 e. The SMILES string of the molecule is CCN(C)C(=O)CSc1ccc(C(C)=O)cc1. The van der Waals surface area contributed by atoms with Crippen LogP contribution in [0.3, 0.4) is 0 Å². The first-order valence-corrected chi connectivity index (χ1v) is 6.51. The number of carbonyl (C=O) groups is 2. The topological polar surface area (TPSA) is 37.4 Å². The Morgan fingerprint density at radius 3 is 2.29 bits per heavy atom. The summed E-state index contributed by atoms with van der Waals surface area (Å²) < 4.78 is 0. The minimum atomic E-state index is 0.0587. The highest BCUT2D eigenvalue weighted by atomic mass is 32.2. The molecule has 0 atom stereocenters. The van der Waals surface area contributed by atoms with E-state index >= 15 is 0 Å². The third-order valence-electron chi connectivity index (χ3n) is 2.52. The first-order valence-electron chi connectivity index (χ1n) is 5.52. The molecule has 17 heavy (non-hydrogen) atoms. The van der Waals surface area contributed by atoms with Gasteiger partial charge in [-0.3, -0.25) is 9.59 Å². The first-order chi connectivity index (χ1) is 8.04. The van der Waals surface area contributed by atoms with Gasteiger partial charge in [-0.15, -0.1) is 11.8 Å². The van der Waals surface area contributed by atoms with E-state index < -0.39 is 0 Å². The lowest BCUT2D eigenvalue weighted by Gasteiger charge is -2.13. The normalized spacial score (nSPS) is 10.1. The fraction of sp³-hybridized carbons (Fsp3) is 0.385. The maximum absolute atomic E-state index is 11.6. The maximum Gasteiger partial charge on any atom is 0.232 e. The van der Waals surface area contributed by atoms with Gasteiger partial charge < -0.3 is 4.90 Å². The number of hydrogen-bond acceptors (Lipinski definition) is 3. The molecule has 1 aromatic rings. The van der Waals surface area contributed by atoms with Crippen LogP contribution in [0.25, 0.3) is 0 Å². The van der Waals surface area contributed by atoms with Crippen molar-refractivity contribution in [2.24, 2.45) is 0 Å². The third-order valence-corrected chi connectivity index (χ3v) is 3.52. The lowest BCUT2D eigenvalue weighted by atomic mass is 10.2. The summed E-state index contributed by atoms with van der Waals surface area (Å²) in [6, 6.07) is 7.33. The summed E-state index contributed by atoms with van der Waals surface area (Å²) in [5.41, 5.74) is 0.700. The fourth-order valence-corrected chi connectivity index (χ4v) is 2.06. The molecule has 4 heteroatoms. The molecule has 0 unspecified atom stereocenters. The first kappa shape index (κ1) is 13.8. The molecular weight excluding hydrogens is 234 g/mol. The van der Waals surface area contributed by atoms with Crippen LogP contribution in [0.1, 0.15) is 24.2 Å². The summed E-state index contributed by atoms with van der Waals surface area (Å²) in [5, 5.41) is 0. The van der Waals surface area contributed by atoms with Gasteiger partial charge in [0.25, 0.3) is 0 Å². The Labute approximate surface area is 106 Å². The molecule has 0 heterocycles. The quantitative estimate of drug-likeness (QED) is 0.596. The van der Waals surface area contributed by atoms with E-state index in [4.69, 9.17) is 0 Å². The molecule has 1 aromatic carbocycles. The van der Waals surface area contributed by atoms with Crippen LogP contribution in [0.2, 0.25) is 0 Å². The van der Waals surface area contributed by atoms with Crippen LogP contribution in [-0.2, 0) is 4.79 Å². The van der Waals surface area contributed by atoms with Gasteiger partial charge in [-0.05, 0) is 26.0 Å². The molecule has 0 bridgehead atoms. The number of rotatable bonds is 5. The number of hydrogen-bond donors (Lipinski definition) is 0. The van der Waals surface area contributed by atoms with Gasteiger partial charge in [0.1, 0.15) is 0 Å². The maximum atomic E-state index is 11.6. The van der Waals surface area contributed by atoms with E-state index in [-0.39, 0.29) is 11.7 Å². The average Bonchev–Trinajstić information content (AvgIpc) is 2.35. The molecular formula is C13H17NO2S. The van der Waals surface area contributed by atoms with Crippen LogP contribution in [-0.4, -0.2) is 35.9 Å². The molecule has 0 aliphatic rings. The van der Waals surface area contributed by atoms with Gasteiger partial charge in [-0.2, -0.15) is 0 Å². The van der Waals surface area contributed by atoms with Crippen LogP contribution in [0.4, 0.5) is 0 Å². The van der Waals surface area contributed by atoms with Crippen molar-refractivity contribution >= 4 is 23.5 Å². The van der Waals surface area contributed by atoms with Crippen LogP contribution in [0, 0.1) is 0 Å². The van der Waals surface area contributed by atoms with Crippen LogP contribution >= 0.6 is 11.8 Å². The highest BCUT2D eigenvalue weighted by Gasteiger charge is 2.07. The van der Waals surface area contributed by atoms with Gasteiger partial charge in [-0.25, -0.2) is 0 Å². The van der Waals surface area contributed by atoms with Crippen molar-refractivity contribution in [3.05, 3.63) is 29.8 Å². The highest BCUT2D eigenvalue weighted by Crippen LogP contribution is 2.18. The van der Waals surface area contributed by atoms with Gasteiger partial charge in [0.2, 0.25) is 5.91 Å². The third kappa shape index (κ3) is 4.23. The molecule has 0 aromatic heterocycles. The van der Waals surface area contributed by atoms with Gasteiger partial charge in [-0.1, -0.05) is 12.1 Å². The largest absolute Gasteiger partial charge is 0.345 e. The second-order valence-electron chi connectivity index (χ2n) is 3.78. The zero-order chi connectivity index (χ0) is 12.8. The standard InChI is InChI=1S/C13H17NO2S/c1-4-14(3)13(16)9-17-12-7-5-11(6-8-12)10(2)15/h5-8H,4,9H2,1-3H3. The Morgan fingerprint density at radius 2 is 1.82 bits per heavy atom. The number of amides is 1. The zero-order valence-electron chi connectivity index (χ0n) is 10.4. The van der Waals surface area contributed by atoms with E-state index in [1.165, 1.54) is 11.8 Å². The van der Waals surface area contributed by atoms with Crippen LogP contribution < -0.4 is 0 Å². The lowest BCUT2D eigenvalue weighted by molar-refractivity contribution is -0.126. The second kappa shape index (κ2) is 6.45. The zero-order valence-corrected chi connectivity index (χ0v) is 11.2. The van der Waals surface area contributed by atoms with E-state index in [0.717, 1.165) is 11.4 Å². The molecule has 0 saturated carbocycles. The Morgan fingerprint density at radius 1 is 1.24 bits per heavy atom. The molecule has 0 N–H and O–H groups in total. The molecule has 1 amide bonds. The van der Waals surface area contributed by atoms with Crippen molar-refractivity contribution in [3.8, 4) is 0 Å². The number of thioether (sulfide) groups is 1. The molecule has 1 rings (SSSR count). The van der Waals surface area contributed by atoms with Crippen molar-refractivity contribution in [2.75, 3.05) is 19.3 Å². The smallest absolute Gasteiger partial charge is 0.232 e. The second-order valence-corrected chi connectivity index (χ2v) is 4.83. The van der Waals surface area contributed by atoms with Gasteiger partial charge in [0.05, 0.1) is 5.75 Å². The molecule has 0 aliphatic carbocycles. The predicted molar refractivity (Wildman–Crippen MR) is 70.5 cm³/mol.